The van der Waals surface area contributed by atoms with E-state index in [1.54, 1.807) is 12.3 Å². The highest BCUT2D eigenvalue weighted by Gasteiger charge is 2.19. The summed E-state index contributed by atoms with van der Waals surface area (Å²) in [5.41, 5.74) is 6.70. The third kappa shape index (κ3) is 1.95. The van der Waals surface area contributed by atoms with E-state index in [9.17, 15) is 0 Å². The summed E-state index contributed by atoms with van der Waals surface area (Å²) in [6.45, 7) is 1.52. The van der Waals surface area contributed by atoms with Crippen molar-refractivity contribution >= 4 is 17.5 Å². The SMILES string of the molecule is Nc1ccnc(N2CCCOc3ccccc32)n1. The maximum absolute atomic E-state index is 5.72. The van der Waals surface area contributed by atoms with Crippen LogP contribution in [0.1, 0.15) is 6.42 Å². The molecule has 0 unspecified atom stereocenters. The minimum atomic E-state index is 0.475. The number of ether oxygens (including phenoxy) is 1. The lowest BCUT2D eigenvalue weighted by atomic mass is 10.2. The molecule has 3 rings (SSSR count). The van der Waals surface area contributed by atoms with Crippen LogP contribution in [0.4, 0.5) is 17.5 Å². The Bertz CT molecular complexity index is 558. The summed E-state index contributed by atoms with van der Waals surface area (Å²) in [4.78, 5) is 10.6. The second kappa shape index (κ2) is 4.52. The molecule has 18 heavy (non-hydrogen) atoms. The fourth-order valence-electron chi connectivity index (χ4n) is 2.03. The van der Waals surface area contributed by atoms with Crippen LogP contribution in [0.2, 0.25) is 0 Å². The number of nitrogens with zero attached hydrogens (tertiary/aromatic N) is 3. The molecule has 0 saturated carbocycles. The lowest BCUT2D eigenvalue weighted by Crippen LogP contribution is -2.20. The Morgan fingerprint density at radius 1 is 1.22 bits per heavy atom. The van der Waals surface area contributed by atoms with Crippen molar-refractivity contribution in [3.63, 3.8) is 0 Å². The molecular formula is C13H14N4O. The van der Waals surface area contributed by atoms with Crippen LogP contribution in [0.15, 0.2) is 36.5 Å². The average molecular weight is 242 g/mol. The van der Waals surface area contributed by atoms with E-state index in [1.807, 2.05) is 29.2 Å². The Labute approximate surface area is 105 Å². The van der Waals surface area contributed by atoms with E-state index in [1.165, 1.54) is 0 Å². The lowest BCUT2D eigenvalue weighted by molar-refractivity contribution is 0.322. The number of benzene rings is 1. The Balaban J connectivity index is 2.06. The minimum Gasteiger partial charge on any atom is -0.491 e. The van der Waals surface area contributed by atoms with E-state index in [4.69, 9.17) is 10.5 Å². The molecule has 0 fully saturated rings. The van der Waals surface area contributed by atoms with Gasteiger partial charge in [-0.25, -0.2) is 4.98 Å². The molecule has 0 aliphatic carbocycles. The molecule has 1 aromatic heterocycles. The van der Waals surface area contributed by atoms with E-state index in [0.29, 0.717) is 18.4 Å². The van der Waals surface area contributed by atoms with Crippen molar-refractivity contribution in [2.45, 2.75) is 6.42 Å². The first-order chi connectivity index (χ1) is 8.84. The van der Waals surface area contributed by atoms with Crippen molar-refractivity contribution in [3.05, 3.63) is 36.5 Å². The van der Waals surface area contributed by atoms with Gasteiger partial charge in [0.1, 0.15) is 11.6 Å². The minimum absolute atomic E-state index is 0.475. The van der Waals surface area contributed by atoms with Gasteiger partial charge in [0, 0.05) is 12.7 Å². The first-order valence-electron chi connectivity index (χ1n) is 5.92. The summed E-state index contributed by atoms with van der Waals surface area (Å²) in [6.07, 6.45) is 2.60. The Kier molecular flexibility index (Phi) is 2.72. The van der Waals surface area contributed by atoms with Gasteiger partial charge in [0.25, 0.3) is 0 Å². The number of hydrogen-bond donors (Lipinski definition) is 1. The van der Waals surface area contributed by atoms with Crippen molar-refractivity contribution in [2.24, 2.45) is 0 Å². The van der Waals surface area contributed by atoms with Gasteiger partial charge in [-0.3, -0.25) is 0 Å². The fourth-order valence-corrected chi connectivity index (χ4v) is 2.03. The standard InChI is InChI=1S/C13H14N4O/c14-12-6-7-15-13(16-12)17-8-3-9-18-11-5-2-1-4-10(11)17/h1-2,4-7H,3,8-9H2,(H2,14,15,16). The molecule has 2 N–H and O–H groups in total. The summed E-state index contributed by atoms with van der Waals surface area (Å²) < 4.78 is 5.70. The first kappa shape index (κ1) is 10.8. The van der Waals surface area contributed by atoms with Gasteiger partial charge in [0.05, 0.1) is 12.3 Å². The van der Waals surface area contributed by atoms with Gasteiger partial charge in [-0.1, -0.05) is 12.1 Å². The largest absolute Gasteiger partial charge is 0.491 e. The summed E-state index contributed by atoms with van der Waals surface area (Å²) in [5, 5.41) is 0. The van der Waals surface area contributed by atoms with Crippen molar-refractivity contribution in [1.82, 2.24) is 9.97 Å². The third-order valence-corrected chi connectivity index (χ3v) is 2.85. The van der Waals surface area contributed by atoms with Gasteiger partial charge in [-0.05, 0) is 24.6 Å². The van der Waals surface area contributed by atoms with Gasteiger partial charge >= 0.3 is 0 Å². The molecule has 0 spiro atoms. The summed E-state index contributed by atoms with van der Waals surface area (Å²) in [7, 11) is 0. The second-order valence-electron chi connectivity index (χ2n) is 4.10. The molecule has 5 nitrogen and oxygen atoms in total. The van der Waals surface area contributed by atoms with Crippen LogP contribution in [-0.4, -0.2) is 23.1 Å². The molecule has 1 aliphatic rings. The van der Waals surface area contributed by atoms with Gasteiger partial charge in [0.15, 0.2) is 0 Å². The predicted octanol–water partition coefficient (Wildman–Crippen LogP) is 1.98. The third-order valence-electron chi connectivity index (χ3n) is 2.85. The molecule has 0 atom stereocenters. The van der Waals surface area contributed by atoms with Crippen molar-refractivity contribution in [2.75, 3.05) is 23.8 Å². The fraction of sp³-hybridized carbons (Fsp3) is 0.231. The highest BCUT2D eigenvalue weighted by atomic mass is 16.5. The number of nitrogens with two attached hydrogens (primary N) is 1. The van der Waals surface area contributed by atoms with Crippen LogP contribution in [0.25, 0.3) is 0 Å². The molecule has 92 valence electrons. The molecule has 2 aromatic rings. The van der Waals surface area contributed by atoms with E-state index in [0.717, 1.165) is 24.4 Å². The lowest BCUT2D eigenvalue weighted by Gasteiger charge is -2.21. The van der Waals surface area contributed by atoms with Gasteiger partial charge in [-0.2, -0.15) is 4.98 Å². The summed E-state index contributed by atoms with van der Waals surface area (Å²) in [6, 6.07) is 9.59. The molecule has 0 radical (unpaired) electrons. The van der Waals surface area contributed by atoms with Gasteiger partial charge in [0.2, 0.25) is 5.95 Å². The highest BCUT2D eigenvalue weighted by molar-refractivity contribution is 5.66. The topological polar surface area (TPSA) is 64.3 Å². The number of fused-ring (bicyclic) bond motifs is 1. The number of anilines is 3. The van der Waals surface area contributed by atoms with Crippen LogP contribution in [-0.2, 0) is 0 Å². The van der Waals surface area contributed by atoms with Crippen molar-refractivity contribution < 1.29 is 4.74 Å². The Morgan fingerprint density at radius 2 is 2.11 bits per heavy atom. The molecule has 5 heteroatoms. The Hall–Kier alpha value is -2.30. The molecule has 2 heterocycles. The van der Waals surface area contributed by atoms with Crippen molar-refractivity contribution in [1.29, 1.82) is 0 Å². The quantitative estimate of drug-likeness (QED) is 0.828. The smallest absolute Gasteiger partial charge is 0.231 e. The van der Waals surface area contributed by atoms with Crippen LogP contribution in [0, 0.1) is 0 Å². The summed E-state index contributed by atoms with van der Waals surface area (Å²) in [5.74, 6) is 1.96. The zero-order valence-corrected chi connectivity index (χ0v) is 9.91. The molecule has 0 saturated heterocycles. The zero-order valence-electron chi connectivity index (χ0n) is 9.91. The first-order valence-corrected chi connectivity index (χ1v) is 5.92. The van der Waals surface area contributed by atoms with E-state index in [2.05, 4.69) is 9.97 Å². The summed E-state index contributed by atoms with van der Waals surface area (Å²) >= 11 is 0. The normalized spacial score (nSPS) is 14.6. The van der Waals surface area contributed by atoms with Crippen molar-refractivity contribution in [3.8, 4) is 5.75 Å². The molecule has 1 aliphatic heterocycles. The molecule has 0 amide bonds. The zero-order chi connectivity index (χ0) is 12.4. The van der Waals surface area contributed by atoms with E-state index < -0.39 is 0 Å². The number of rotatable bonds is 1. The van der Waals surface area contributed by atoms with E-state index in [-0.39, 0.29) is 0 Å². The molecular weight excluding hydrogens is 228 g/mol. The molecule has 0 bridgehead atoms. The maximum atomic E-state index is 5.72. The number of nitrogen functional groups attached to an aromatic ring is 1. The maximum Gasteiger partial charge on any atom is 0.231 e. The second-order valence-corrected chi connectivity index (χ2v) is 4.10. The van der Waals surface area contributed by atoms with Gasteiger partial charge in [-0.15, -0.1) is 0 Å². The number of para-hydroxylation sites is 2. The van der Waals surface area contributed by atoms with Crippen LogP contribution >= 0.6 is 0 Å². The highest BCUT2D eigenvalue weighted by Crippen LogP contribution is 2.34. The van der Waals surface area contributed by atoms with Crippen LogP contribution in [0.5, 0.6) is 5.75 Å². The monoisotopic (exact) mass is 242 g/mol. The number of aromatic nitrogens is 2. The predicted molar refractivity (Wildman–Crippen MR) is 70.0 cm³/mol. The Morgan fingerprint density at radius 3 is 3.00 bits per heavy atom. The number of hydrogen-bond acceptors (Lipinski definition) is 5. The van der Waals surface area contributed by atoms with E-state index >= 15 is 0 Å². The van der Waals surface area contributed by atoms with Crippen LogP contribution < -0.4 is 15.4 Å². The van der Waals surface area contributed by atoms with Crippen LogP contribution in [0.3, 0.4) is 0 Å². The molecule has 1 aromatic carbocycles. The van der Waals surface area contributed by atoms with Gasteiger partial charge < -0.3 is 15.4 Å². The average Bonchev–Trinajstić information content (AvgIpc) is 2.61.